The van der Waals surface area contributed by atoms with Gasteiger partial charge in [-0.15, -0.1) is 11.3 Å². The molecule has 2 aliphatic heterocycles. The number of amidine groups is 1. The maximum Gasteiger partial charge on any atom is 0.253 e. The van der Waals surface area contributed by atoms with E-state index in [0.717, 1.165) is 10.6 Å². The number of anilines is 1. The van der Waals surface area contributed by atoms with Crippen molar-refractivity contribution >= 4 is 57.4 Å². The molecule has 2 aliphatic rings. The fourth-order valence-electron chi connectivity index (χ4n) is 4.20. The zero-order chi connectivity index (χ0) is 25.6. The number of amides is 3. The van der Waals surface area contributed by atoms with Crippen LogP contribution in [0.5, 0.6) is 0 Å². The summed E-state index contributed by atoms with van der Waals surface area (Å²) in [5, 5.41) is 5.63. The fourth-order valence-corrected chi connectivity index (χ4v) is 5.79. The van der Waals surface area contributed by atoms with Crippen LogP contribution in [-0.2, 0) is 16.1 Å². The topological polar surface area (TPSA) is 85.3 Å². The smallest absolute Gasteiger partial charge is 0.253 e. The average molecular weight is 534 g/mol. The van der Waals surface area contributed by atoms with Crippen LogP contribution in [0.3, 0.4) is 0 Å². The Kier molecular flexibility index (Phi) is 7.98. The first kappa shape index (κ1) is 25.2. The lowest BCUT2D eigenvalue weighted by Crippen LogP contribution is -2.50. The van der Waals surface area contributed by atoms with Crippen LogP contribution in [0.25, 0.3) is 0 Å². The Morgan fingerprint density at radius 2 is 1.68 bits per heavy atom. The number of nitrogens with zero attached hydrogens (tertiary/aromatic N) is 4. The summed E-state index contributed by atoms with van der Waals surface area (Å²) in [5.74, 6) is 0.392. The van der Waals surface area contributed by atoms with Crippen LogP contribution in [0, 0.1) is 0 Å². The molecule has 1 N–H and O–H groups in total. The Bertz CT molecular complexity index is 1270. The highest BCUT2D eigenvalue weighted by Gasteiger charge is 2.28. The summed E-state index contributed by atoms with van der Waals surface area (Å²) in [6.07, 6.45) is 0. The molecule has 1 aromatic heterocycles. The predicted molar refractivity (Wildman–Crippen MR) is 148 cm³/mol. The Morgan fingerprint density at radius 3 is 2.38 bits per heavy atom. The highest BCUT2D eigenvalue weighted by Crippen LogP contribution is 2.27. The summed E-state index contributed by atoms with van der Waals surface area (Å²) >= 11 is 3.06. The molecule has 0 radical (unpaired) electrons. The number of aliphatic imine (C=N–C) groups is 1. The van der Waals surface area contributed by atoms with Gasteiger partial charge in [-0.1, -0.05) is 36.0 Å². The van der Waals surface area contributed by atoms with Crippen molar-refractivity contribution in [3.05, 3.63) is 82.6 Å². The summed E-state index contributed by atoms with van der Waals surface area (Å²) in [4.78, 5) is 48.9. The van der Waals surface area contributed by atoms with Crippen molar-refractivity contribution in [2.45, 2.75) is 6.54 Å². The van der Waals surface area contributed by atoms with Crippen LogP contribution < -0.4 is 5.32 Å². The van der Waals surface area contributed by atoms with E-state index >= 15 is 0 Å². The van der Waals surface area contributed by atoms with Crippen LogP contribution in [0.2, 0.25) is 0 Å². The van der Waals surface area contributed by atoms with E-state index in [1.54, 1.807) is 16.2 Å². The Labute approximate surface area is 224 Å². The molecule has 0 aliphatic carbocycles. The van der Waals surface area contributed by atoms with Crippen molar-refractivity contribution in [3.8, 4) is 0 Å². The van der Waals surface area contributed by atoms with Crippen molar-refractivity contribution in [2.75, 3.05) is 43.8 Å². The van der Waals surface area contributed by atoms with E-state index in [9.17, 15) is 14.4 Å². The number of hydrogen-bond donors (Lipinski definition) is 1. The number of piperazine rings is 1. The molecule has 3 aromatic rings. The minimum Gasteiger partial charge on any atom is -0.336 e. The molecule has 190 valence electrons. The van der Waals surface area contributed by atoms with Gasteiger partial charge in [-0.3, -0.25) is 24.2 Å². The van der Waals surface area contributed by atoms with Gasteiger partial charge in [0.1, 0.15) is 0 Å². The molecule has 2 aromatic carbocycles. The molecule has 37 heavy (non-hydrogen) atoms. The summed E-state index contributed by atoms with van der Waals surface area (Å²) in [6, 6.07) is 20.6. The van der Waals surface area contributed by atoms with E-state index in [-0.39, 0.29) is 24.3 Å². The molecule has 0 saturated carbocycles. The molecule has 2 saturated heterocycles. The van der Waals surface area contributed by atoms with E-state index in [0.29, 0.717) is 54.9 Å². The number of rotatable bonds is 7. The number of benzene rings is 2. The predicted octanol–water partition coefficient (Wildman–Crippen LogP) is 3.91. The number of carbonyl (C=O) groups excluding carboxylic acids is 3. The van der Waals surface area contributed by atoms with E-state index < -0.39 is 0 Å². The van der Waals surface area contributed by atoms with Crippen molar-refractivity contribution in [2.24, 2.45) is 4.99 Å². The Balaban J connectivity index is 1.11. The minimum atomic E-state index is -0.0963. The SMILES string of the molecule is O=C(CN1CCN(C(=O)c2ccccc2)CC1)Nc1ccc(N=C2SCC(=O)N2Cc2cccs2)cc1. The average Bonchev–Trinajstić information content (AvgIpc) is 3.56. The van der Waals surface area contributed by atoms with Crippen molar-refractivity contribution in [3.63, 3.8) is 0 Å². The van der Waals surface area contributed by atoms with Gasteiger partial charge in [0.05, 0.1) is 24.5 Å². The molecule has 0 unspecified atom stereocenters. The second kappa shape index (κ2) is 11.7. The second-order valence-corrected chi connectivity index (χ2v) is 10.7. The number of thioether (sulfide) groups is 1. The van der Waals surface area contributed by atoms with Gasteiger partial charge in [0, 0.05) is 42.3 Å². The quantitative estimate of drug-likeness (QED) is 0.498. The van der Waals surface area contributed by atoms with Gasteiger partial charge in [0.25, 0.3) is 5.91 Å². The first-order chi connectivity index (χ1) is 18.0. The van der Waals surface area contributed by atoms with Gasteiger partial charge in [0.2, 0.25) is 11.8 Å². The molecule has 0 atom stereocenters. The number of carbonyl (C=O) groups is 3. The van der Waals surface area contributed by atoms with Crippen molar-refractivity contribution < 1.29 is 14.4 Å². The normalized spacial score (nSPS) is 17.4. The molecule has 0 bridgehead atoms. The highest BCUT2D eigenvalue weighted by molar-refractivity contribution is 8.15. The van der Waals surface area contributed by atoms with Crippen LogP contribution >= 0.6 is 23.1 Å². The molecule has 8 nitrogen and oxygen atoms in total. The monoisotopic (exact) mass is 533 g/mol. The largest absolute Gasteiger partial charge is 0.336 e. The van der Waals surface area contributed by atoms with Crippen LogP contribution in [0.1, 0.15) is 15.2 Å². The fraction of sp³-hybridized carbons (Fsp3) is 0.259. The number of thiophene rings is 1. The molecule has 0 spiro atoms. The van der Waals surface area contributed by atoms with E-state index in [1.165, 1.54) is 11.8 Å². The maximum atomic E-state index is 12.6. The summed E-state index contributed by atoms with van der Waals surface area (Å²) < 4.78 is 0. The summed E-state index contributed by atoms with van der Waals surface area (Å²) in [7, 11) is 0. The Hall–Kier alpha value is -3.47. The molecule has 5 rings (SSSR count). The second-order valence-electron chi connectivity index (χ2n) is 8.77. The van der Waals surface area contributed by atoms with Crippen LogP contribution in [-0.4, -0.2) is 76.1 Å². The zero-order valence-corrected chi connectivity index (χ0v) is 21.8. The van der Waals surface area contributed by atoms with Gasteiger partial charge in [0.15, 0.2) is 5.17 Å². The third-order valence-corrected chi connectivity index (χ3v) is 8.00. The maximum absolute atomic E-state index is 12.6. The lowest BCUT2D eigenvalue weighted by atomic mass is 10.2. The van der Waals surface area contributed by atoms with Crippen LogP contribution in [0.15, 0.2) is 77.1 Å². The lowest BCUT2D eigenvalue weighted by molar-refractivity contribution is -0.124. The molecule has 10 heteroatoms. The third kappa shape index (κ3) is 6.46. The molecular formula is C27H27N5O3S2. The Morgan fingerprint density at radius 1 is 0.919 bits per heavy atom. The number of nitrogens with one attached hydrogen (secondary N) is 1. The zero-order valence-electron chi connectivity index (χ0n) is 20.2. The molecular weight excluding hydrogens is 506 g/mol. The van der Waals surface area contributed by atoms with Gasteiger partial charge in [-0.05, 0) is 47.8 Å². The van der Waals surface area contributed by atoms with Crippen LogP contribution in [0.4, 0.5) is 11.4 Å². The van der Waals surface area contributed by atoms with Crippen molar-refractivity contribution in [1.29, 1.82) is 0 Å². The highest BCUT2D eigenvalue weighted by atomic mass is 32.2. The first-order valence-electron chi connectivity index (χ1n) is 12.1. The lowest BCUT2D eigenvalue weighted by Gasteiger charge is -2.34. The molecule has 3 heterocycles. The van der Waals surface area contributed by atoms with Gasteiger partial charge < -0.3 is 10.2 Å². The van der Waals surface area contributed by atoms with Gasteiger partial charge in [-0.25, -0.2) is 4.99 Å². The molecule has 3 amide bonds. The summed E-state index contributed by atoms with van der Waals surface area (Å²) in [6.45, 7) is 3.31. The molecule has 2 fully saturated rings. The van der Waals surface area contributed by atoms with Gasteiger partial charge in [-0.2, -0.15) is 0 Å². The number of hydrogen-bond acceptors (Lipinski definition) is 7. The standard InChI is InChI=1S/C27H27N5O3S2/c33-24(18-30-12-14-31(15-13-30)26(35)20-5-2-1-3-6-20)28-21-8-10-22(11-9-21)29-27-32(25(34)19-37-27)17-23-7-4-16-36-23/h1-11,16H,12-15,17-19H2,(H,28,33). The third-order valence-electron chi connectivity index (χ3n) is 6.17. The van der Waals surface area contributed by atoms with E-state index in [4.69, 9.17) is 0 Å². The van der Waals surface area contributed by atoms with E-state index in [2.05, 4.69) is 15.2 Å². The minimum absolute atomic E-state index is 0.0309. The first-order valence-corrected chi connectivity index (χ1v) is 13.9. The van der Waals surface area contributed by atoms with E-state index in [1.807, 2.05) is 77.0 Å². The van der Waals surface area contributed by atoms with Crippen molar-refractivity contribution in [1.82, 2.24) is 14.7 Å². The van der Waals surface area contributed by atoms with Gasteiger partial charge >= 0.3 is 0 Å². The summed E-state index contributed by atoms with van der Waals surface area (Å²) in [5.41, 5.74) is 2.11.